The predicted molar refractivity (Wildman–Crippen MR) is 169 cm³/mol. The topological polar surface area (TPSA) is 89.9 Å². The van der Waals surface area contributed by atoms with Crippen LogP contribution in [0.4, 0.5) is 5.69 Å². The van der Waals surface area contributed by atoms with Crippen molar-refractivity contribution in [1.82, 2.24) is 4.72 Å². The lowest BCUT2D eigenvalue weighted by molar-refractivity contribution is -0.203. The Morgan fingerprint density at radius 3 is 2.43 bits per heavy atom. The van der Waals surface area contributed by atoms with Crippen LogP contribution in [-0.2, 0) is 10.0 Å². The molecule has 1 aromatic carbocycles. The van der Waals surface area contributed by atoms with Crippen molar-refractivity contribution in [3.8, 4) is 0 Å². The third kappa shape index (κ3) is 5.16. The molecule has 0 amide bonds. The van der Waals surface area contributed by atoms with Gasteiger partial charge in [0.15, 0.2) is 0 Å². The lowest BCUT2D eigenvalue weighted by atomic mass is 9.41. The minimum atomic E-state index is -3.60. The Hall–Kier alpha value is -1.15. The van der Waals surface area contributed by atoms with E-state index in [1.54, 1.807) is 6.07 Å². The van der Waals surface area contributed by atoms with E-state index in [2.05, 4.69) is 37.3 Å². The third-order valence-corrected chi connectivity index (χ3v) is 15.0. The van der Waals surface area contributed by atoms with Crippen molar-refractivity contribution < 1.29 is 18.6 Å². The second-order valence-electron chi connectivity index (χ2n) is 15.5. The number of nitrogens with zero attached hydrogens (tertiary/aromatic N) is 1. The number of benzene rings is 1. The van der Waals surface area contributed by atoms with Crippen LogP contribution in [0, 0.1) is 52.3 Å². The van der Waals surface area contributed by atoms with Crippen molar-refractivity contribution >= 4 is 15.7 Å². The number of anilines is 1. The Morgan fingerprint density at radius 1 is 0.976 bits per heavy atom. The van der Waals surface area contributed by atoms with E-state index in [1.165, 1.54) is 6.42 Å². The van der Waals surface area contributed by atoms with Gasteiger partial charge in [-0.05, 0) is 135 Å². The average Bonchev–Trinajstić information content (AvgIpc) is 3.35. The van der Waals surface area contributed by atoms with Gasteiger partial charge in [0.1, 0.15) is 0 Å². The Labute approximate surface area is 255 Å². The maximum Gasteiger partial charge on any atom is 0.240 e. The lowest BCUT2D eigenvalue weighted by Crippen LogP contribution is -2.62. The first-order chi connectivity index (χ1) is 20.0. The van der Waals surface area contributed by atoms with Gasteiger partial charge in [0.2, 0.25) is 10.0 Å². The van der Waals surface area contributed by atoms with Crippen molar-refractivity contribution in [2.24, 2.45) is 52.3 Å². The molecular weight excluding hydrogens is 544 g/mol. The molecule has 5 aliphatic rings. The highest BCUT2D eigenvalue weighted by Crippen LogP contribution is 2.69. The molecule has 11 atom stereocenters. The monoisotopic (exact) mass is 600 g/mol. The maximum atomic E-state index is 13.5. The summed E-state index contributed by atoms with van der Waals surface area (Å²) >= 11 is 0. The van der Waals surface area contributed by atoms with Crippen molar-refractivity contribution in [2.75, 3.05) is 24.5 Å². The largest absolute Gasteiger partial charge is 0.393 e. The van der Waals surface area contributed by atoms with Crippen molar-refractivity contribution in [3.05, 3.63) is 24.3 Å². The molecule has 4 saturated carbocycles. The van der Waals surface area contributed by atoms with Gasteiger partial charge in [-0.15, -0.1) is 0 Å². The summed E-state index contributed by atoms with van der Waals surface area (Å²) in [6.45, 7) is 11.9. The minimum Gasteiger partial charge on any atom is -0.393 e. The van der Waals surface area contributed by atoms with Crippen molar-refractivity contribution in [2.45, 2.75) is 115 Å². The lowest BCUT2D eigenvalue weighted by Gasteiger charge is -2.64. The van der Waals surface area contributed by atoms with E-state index in [9.17, 15) is 18.6 Å². The number of hydrogen-bond acceptors (Lipinski definition) is 5. The molecule has 4 aliphatic carbocycles. The Bertz CT molecular complexity index is 1220. The Morgan fingerprint density at radius 2 is 1.69 bits per heavy atom. The summed E-state index contributed by atoms with van der Waals surface area (Å²) in [6, 6.07) is 7.48. The van der Waals surface area contributed by atoms with Crippen LogP contribution in [0.5, 0.6) is 0 Å². The molecule has 0 spiro atoms. The molecule has 0 bridgehead atoms. The van der Waals surface area contributed by atoms with E-state index in [0.29, 0.717) is 41.0 Å². The molecule has 0 aromatic heterocycles. The number of piperidine rings is 1. The molecule has 42 heavy (non-hydrogen) atoms. The summed E-state index contributed by atoms with van der Waals surface area (Å²) in [7, 11) is -3.60. The fourth-order valence-corrected chi connectivity index (χ4v) is 12.6. The number of hydrogen-bond donors (Lipinski definition) is 3. The zero-order valence-electron chi connectivity index (χ0n) is 26.5. The van der Waals surface area contributed by atoms with Crippen LogP contribution < -0.4 is 9.62 Å². The molecular formula is C35H56N2O4S. The van der Waals surface area contributed by atoms with Crippen LogP contribution in [0.3, 0.4) is 0 Å². The van der Waals surface area contributed by atoms with Crippen LogP contribution in [0.2, 0.25) is 0 Å². The first kappa shape index (κ1) is 30.9. The Kier molecular flexibility index (Phi) is 8.56. The number of rotatable bonds is 7. The first-order valence-corrected chi connectivity index (χ1v) is 18.7. The van der Waals surface area contributed by atoms with Gasteiger partial charge in [-0.25, -0.2) is 13.1 Å². The minimum absolute atomic E-state index is 0.122. The zero-order valence-corrected chi connectivity index (χ0v) is 27.3. The van der Waals surface area contributed by atoms with E-state index in [4.69, 9.17) is 0 Å². The highest BCUT2D eigenvalue weighted by Gasteiger charge is 2.64. The summed E-state index contributed by atoms with van der Waals surface area (Å²) in [6.07, 6.45) is 11.4. The molecule has 0 radical (unpaired) electrons. The van der Waals surface area contributed by atoms with Crippen molar-refractivity contribution in [1.29, 1.82) is 0 Å². The zero-order chi connectivity index (χ0) is 29.9. The molecule has 6 rings (SSSR count). The van der Waals surface area contributed by atoms with E-state index in [0.717, 1.165) is 83.0 Å². The Balaban J connectivity index is 1.16. The van der Waals surface area contributed by atoms with Crippen molar-refractivity contribution in [3.63, 3.8) is 0 Å². The summed E-state index contributed by atoms with van der Waals surface area (Å²) < 4.78 is 29.9. The van der Waals surface area contributed by atoms with Gasteiger partial charge in [0, 0.05) is 25.3 Å². The van der Waals surface area contributed by atoms with Gasteiger partial charge in [0.25, 0.3) is 0 Å². The van der Waals surface area contributed by atoms with Crippen LogP contribution >= 0.6 is 0 Å². The molecule has 3 N–H and O–H groups in total. The normalized spacial score (nSPS) is 42.9. The summed E-state index contributed by atoms with van der Waals surface area (Å²) in [4.78, 5) is 2.67. The molecule has 4 unspecified atom stereocenters. The highest BCUT2D eigenvalue weighted by molar-refractivity contribution is 7.89. The molecule has 6 nitrogen and oxygen atoms in total. The summed E-state index contributed by atoms with van der Waals surface area (Å²) in [5.74, 6) is 2.66. The fraction of sp³-hybridized carbons (Fsp3) is 0.829. The van der Waals surface area contributed by atoms with Crippen LogP contribution in [0.25, 0.3) is 0 Å². The molecule has 1 aromatic rings. The standard InChI is InChI=1S/C35H56N2O4S/c1-5-27-31-21-25(38)14-16-35(31,4)30-15-17-34(3)28(12-13-29(34)32(30)33(27)39)23(2)22-36-42(40,41)26-11-9-10-24(20-26)37-18-7-6-8-19-37/h9-11,20,23,25,27-33,36,38-39H,5-8,12-19,21-22H2,1-4H3/t23-,25-,27-,28-,29+,30+,31?,32?,33-,34?,35?/m1/s1. The SMILES string of the molecule is CC[C@@H]1C2C[C@H](O)CCC2(C)[C@H]2CCC3(C)[C@@H]([C@H](C)CNS(=O)(=O)c4cccc(N5CCCCC5)c4)CC[C@H]3C2[C@@H]1O. The molecule has 7 heteroatoms. The molecule has 1 saturated heterocycles. The van der Waals surface area contributed by atoms with E-state index in [1.807, 2.05) is 18.2 Å². The van der Waals surface area contributed by atoms with Gasteiger partial charge in [0.05, 0.1) is 17.1 Å². The van der Waals surface area contributed by atoms with Gasteiger partial charge >= 0.3 is 0 Å². The van der Waals surface area contributed by atoms with Crippen LogP contribution in [0.1, 0.15) is 98.3 Å². The van der Waals surface area contributed by atoms with Crippen LogP contribution in [-0.4, -0.2) is 50.5 Å². The van der Waals surface area contributed by atoms with Gasteiger partial charge in [-0.1, -0.05) is 40.2 Å². The third-order valence-electron chi connectivity index (χ3n) is 13.6. The number of sulfonamides is 1. The second kappa shape index (κ2) is 11.7. The van der Waals surface area contributed by atoms with Crippen LogP contribution in [0.15, 0.2) is 29.2 Å². The van der Waals surface area contributed by atoms with Gasteiger partial charge in [-0.3, -0.25) is 0 Å². The molecule has 1 heterocycles. The molecule has 236 valence electrons. The predicted octanol–water partition coefficient (Wildman–Crippen LogP) is 6.22. The second-order valence-corrected chi connectivity index (χ2v) is 17.3. The highest BCUT2D eigenvalue weighted by atomic mass is 32.2. The number of aliphatic hydroxyl groups excluding tert-OH is 2. The maximum absolute atomic E-state index is 13.5. The number of nitrogens with one attached hydrogen (secondary N) is 1. The average molecular weight is 601 g/mol. The fourth-order valence-electron chi connectivity index (χ4n) is 11.4. The molecule has 1 aliphatic heterocycles. The smallest absolute Gasteiger partial charge is 0.240 e. The first-order valence-electron chi connectivity index (χ1n) is 17.2. The number of aliphatic hydroxyl groups is 2. The summed E-state index contributed by atoms with van der Waals surface area (Å²) in [5.41, 5.74) is 1.33. The number of fused-ring (bicyclic) bond motifs is 5. The summed E-state index contributed by atoms with van der Waals surface area (Å²) in [5, 5.41) is 22.5. The van der Waals surface area contributed by atoms with E-state index >= 15 is 0 Å². The van der Waals surface area contributed by atoms with Gasteiger partial charge in [-0.2, -0.15) is 0 Å². The molecule has 5 fully saturated rings. The van der Waals surface area contributed by atoms with Gasteiger partial charge < -0.3 is 15.1 Å². The van der Waals surface area contributed by atoms with E-state index in [-0.39, 0.29) is 34.9 Å². The quantitative estimate of drug-likeness (QED) is 0.346. The van der Waals surface area contributed by atoms with E-state index < -0.39 is 10.0 Å².